The smallest absolute Gasteiger partial charge is 0.171 e. The predicted molar refractivity (Wildman–Crippen MR) is 107 cm³/mol. The van der Waals surface area contributed by atoms with Gasteiger partial charge in [0.05, 0.1) is 33.6 Å². The maximum atomic E-state index is 14.8. The molecule has 0 unspecified atom stereocenters. The van der Waals surface area contributed by atoms with Crippen LogP contribution in [-0.4, -0.2) is 45.7 Å². The zero-order valence-corrected chi connectivity index (χ0v) is 16.4. The maximum Gasteiger partial charge on any atom is 0.171 e. The van der Waals surface area contributed by atoms with Gasteiger partial charge in [-0.05, 0) is 11.6 Å². The average molecular weight is 414 g/mol. The van der Waals surface area contributed by atoms with E-state index in [1.54, 1.807) is 29.5 Å². The molecule has 2 N–H and O–H groups in total. The second-order valence-electron chi connectivity index (χ2n) is 6.71. The number of rotatable bonds is 7. The van der Waals surface area contributed by atoms with Gasteiger partial charge in [0.25, 0.3) is 0 Å². The van der Waals surface area contributed by atoms with Crippen LogP contribution in [-0.2, 0) is 13.0 Å². The van der Waals surface area contributed by atoms with Gasteiger partial charge in [-0.15, -0.1) is 0 Å². The number of hydrogen-bond donors (Lipinski definition) is 2. The summed E-state index contributed by atoms with van der Waals surface area (Å²) in [5.41, 5.74) is 2.76. The lowest BCUT2D eigenvalue weighted by Crippen LogP contribution is -2.03. The highest BCUT2D eigenvalue weighted by atomic mass is 19.1. The standard InChI is InChI=1S/C21H20F2N4O3/c1-29-17-7-18(30-2)20(23)16(19(17)22)6-13-9-25-21-15(13)5-12(8-24-21)14-10-26-27(11-14)3-4-28/h5,7-11,28H,3-4,6H2,1-2H3,(H,24,25). The summed E-state index contributed by atoms with van der Waals surface area (Å²) in [6, 6.07) is 3.08. The molecule has 0 aliphatic heterocycles. The quantitative estimate of drug-likeness (QED) is 0.485. The van der Waals surface area contributed by atoms with Crippen LogP contribution in [0.2, 0.25) is 0 Å². The Labute approximate surface area is 170 Å². The van der Waals surface area contributed by atoms with E-state index in [4.69, 9.17) is 14.6 Å². The molecule has 30 heavy (non-hydrogen) atoms. The van der Waals surface area contributed by atoms with Crippen molar-refractivity contribution in [2.75, 3.05) is 20.8 Å². The van der Waals surface area contributed by atoms with Crippen molar-refractivity contribution in [3.8, 4) is 22.6 Å². The number of hydrogen-bond acceptors (Lipinski definition) is 5. The van der Waals surface area contributed by atoms with Crippen molar-refractivity contribution >= 4 is 11.0 Å². The Balaban J connectivity index is 1.75. The molecule has 3 heterocycles. The number of methoxy groups -OCH3 is 2. The first-order valence-corrected chi connectivity index (χ1v) is 9.24. The predicted octanol–water partition coefficient (Wildman–Crippen LogP) is 3.30. The van der Waals surface area contributed by atoms with Gasteiger partial charge >= 0.3 is 0 Å². The van der Waals surface area contributed by atoms with Crippen molar-refractivity contribution in [2.24, 2.45) is 0 Å². The van der Waals surface area contributed by atoms with E-state index >= 15 is 0 Å². The lowest BCUT2D eigenvalue weighted by atomic mass is 10.0. The van der Waals surface area contributed by atoms with Gasteiger partial charge in [-0.1, -0.05) is 0 Å². The highest BCUT2D eigenvalue weighted by Crippen LogP contribution is 2.34. The first kappa shape index (κ1) is 19.8. The van der Waals surface area contributed by atoms with Crippen molar-refractivity contribution in [3.05, 3.63) is 59.7 Å². The van der Waals surface area contributed by atoms with E-state index in [2.05, 4.69) is 15.1 Å². The molecule has 4 aromatic rings. The van der Waals surface area contributed by atoms with Crippen molar-refractivity contribution in [2.45, 2.75) is 13.0 Å². The minimum absolute atomic E-state index is 0.0124. The third-order valence-corrected chi connectivity index (χ3v) is 4.94. The molecule has 0 spiro atoms. The van der Waals surface area contributed by atoms with Gasteiger partial charge in [0, 0.05) is 53.2 Å². The van der Waals surface area contributed by atoms with Crippen molar-refractivity contribution in [3.63, 3.8) is 0 Å². The Hall–Kier alpha value is -3.46. The van der Waals surface area contributed by atoms with E-state index in [-0.39, 0.29) is 30.1 Å². The minimum Gasteiger partial charge on any atom is -0.494 e. The number of aromatic nitrogens is 4. The van der Waals surface area contributed by atoms with Gasteiger partial charge in [-0.2, -0.15) is 5.10 Å². The molecule has 0 saturated heterocycles. The van der Waals surface area contributed by atoms with Crippen LogP contribution in [0.25, 0.3) is 22.2 Å². The van der Waals surface area contributed by atoms with Crippen LogP contribution < -0.4 is 9.47 Å². The van der Waals surface area contributed by atoms with E-state index in [0.29, 0.717) is 17.8 Å². The van der Waals surface area contributed by atoms with E-state index < -0.39 is 11.6 Å². The molecule has 0 atom stereocenters. The average Bonchev–Trinajstić information content (AvgIpc) is 3.38. The largest absolute Gasteiger partial charge is 0.494 e. The molecule has 4 rings (SSSR count). The van der Waals surface area contributed by atoms with Crippen molar-refractivity contribution in [1.29, 1.82) is 0 Å². The number of pyridine rings is 1. The number of ether oxygens (including phenoxy) is 2. The summed E-state index contributed by atoms with van der Waals surface area (Å²) in [7, 11) is 2.64. The topological polar surface area (TPSA) is 85.2 Å². The molecule has 0 fully saturated rings. The van der Waals surface area contributed by atoms with Crippen LogP contribution >= 0.6 is 0 Å². The number of aromatic amines is 1. The Morgan fingerprint density at radius 2 is 1.80 bits per heavy atom. The second-order valence-corrected chi connectivity index (χ2v) is 6.71. The lowest BCUT2D eigenvalue weighted by molar-refractivity contribution is 0.269. The summed E-state index contributed by atoms with van der Waals surface area (Å²) >= 11 is 0. The van der Waals surface area contributed by atoms with E-state index in [9.17, 15) is 8.78 Å². The number of aliphatic hydroxyl groups excluding tert-OH is 1. The van der Waals surface area contributed by atoms with Crippen LogP contribution in [0.15, 0.2) is 36.9 Å². The second kappa shape index (κ2) is 8.11. The van der Waals surface area contributed by atoms with Gasteiger partial charge in [0.2, 0.25) is 0 Å². The lowest BCUT2D eigenvalue weighted by Gasteiger charge is -2.12. The fraction of sp³-hybridized carbons (Fsp3) is 0.238. The molecule has 0 bridgehead atoms. The molecular formula is C21H20F2N4O3. The number of halogens is 2. The van der Waals surface area contributed by atoms with Gasteiger partial charge in [-0.3, -0.25) is 4.68 Å². The van der Waals surface area contributed by atoms with Gasteiger partial charge < -0.3 is 19.6 Å². The molecule has 156 valence electrons. The van der Waals surface area contributed by atoms with Crippen molar-refractivity contribution < 1.29 is 23.4 Å². The third-order valence-electron chi connectivity index (χ3n) is 4.94. The number of aliphatic hydroxyl groups is 1. The SMILES string of the molecule is COc1cc(OC)c(F)c(Cc2c[nH]c3ncc(-c4cnn(CCO)c4)cc23)c1F. The molecule has 3 aromatic heterocycles. The van der Waals surface area contributed by atoms with Crippen LogP contribution in [0.5, 0.6) is 11.5 Å². The van der Waals surface area contributed by atoms with E-state index in [0.717, 1.165) is 16.5 Å². The van der Waals surface area contributed by atoms with E-state index in [1.807, 2.05) is 6.07 Å². The number of fused-ring (bicyclic) bond motifs is 1. The summed E-state index contributed by atoms with van der Waals surface area (Å²) in [6.45, 7) is 0.378. The Kier molecular flexibility index (Phi) is 5.37. The summed E-state index contributed by atoms with van der Waals surface area (Å²) in [6.07, 6.45) is 6.84. The third kappa shape index (κ3) is 3.48. The molecular weight excluding hydrogens is 394 g/mol. The van der Waals surface area contributed by atoms with Crippen molar-refractivity contribution in [1.82, 2.24) is 19.7 Å². The van der Waals surface area contributed by atoms with Gasteiger partial charge in [0.15, 0.2) is 23.1 Å². The first-order valence-electron chi connectivity index (χ1n) is 9.24. The molecule has 0 radical (unpaired) electrons. The van der Waals surface area contributed by atoms with Crippen LogP contribution in [0.4, 0.5) is 8.78 Å². The molecule has 0 amide bonds. The molecule has 7 nitrogen and oxygen atoms in total. The Morgan fingerprint density at radius 1 is 1.07 bits per heavy atom. The molecule has 1 aromatic carbocycles. The zero-order valence-electron chi connectivity index (χ0n) is 16.4. The molecule has 0 saturated carbocycles. The molecule has 9 heteroatoms. The molecule has 0 aliphatic rings. The number of benzene rings is 1. The van der Waals surface area contributed by atoms with Crippen LogP contribution in [0, 0.1) is 11.6 Å². The first-order chi connectivity index (χ1) is 14.5. The van der Waals surface area contributed by atoms with Gasteiger partial charge in [-0.25, -0.2) is 13.8 Å². The summed E-state index contributed by atoms with van der Waals surface area (Å²) in [5, 5.41) is 14.0. The number of nitrogens with one attached hydrogen (secondary N) is 1. The summed E-state index contributed by atoms with van der Waals surface area (Å²) < 4.78 is 41.2. The fourth-order valence-electron chi connectivity index (χ4n) is 3.38. The van der Waals surface area contributed by atoms with Crippen LogP contribution in [0.3, 0.4) is 0 Å². The van der Waals surface area contributed by atoms with Crippen LogP contribution in [0.1, 0.15) is 11.1 Å². The monoisotopic (exact) mass is 414 g/mol. The summed E-state index contributed by atoms with van der Waals surface area (Å²) in [5.74, 6) is -1.70. The Bertz CT molecular complexity index is 1170. The van der Waals surface area contributed by atoms with E-state index in [1.165, 1.54) is 20.3 Å². The molecule has 0 aliphatic carbocycles. The summed E-state index contributed by atoms with van der Waals surface area (Å²) in [4.78, 5) is 7.44. The highest BCUT2D eigenvalue weighted by Gasteiger charge is 2.21. The van der Waals surface area contributed by atoms with Gasteiger partial charge in [0.1, 0.15) is 5.65 Å². The maximum absolute atomic E-state index is 14.8. The fourth-order valence-corrected chi connectivity index (χ4v) is 3.38. The minimum atomic E-state index is -0.764. The highest BCUT2D eigenvalue weighted by molar-refractivity contribution is 5.84. The Morgan fingerprint density at radius 3 is 2.47 bits per heavy atom. The normalized spacial score (nSPS) is 11.2. The zero-order chi connectivity index (χ0) is 21.3. The number of H-pyrrole nitrogens is 1. The number of nitrogens with zero attached hydrogens (tertiary/aromatic N) is 3.